The number of carbonyl (C=O) groups is 1. The molecule has 150 valence electrons. The molecule has 0 heterocycles. The van der Waals surface area contributed by atoms with Gasteiger partial charge in [0.05, 0.1) is 6.10 Å². The maximum absolute atomic E-state index is 12.4. The summed E-state index contributed by atoms with van der Waals surface area (Å²) >= 11 is 0. The van der Waals surface area contributed by atoms with Crippen LogP contribution in [0.2, 0.25) is 0 Å². The number of carbonyl (C=O) groups excluding carboxylic acids is 1. The lowest BCUT2D eigenvalue weighted by Gasteiger charge is -2.60. The molecular formula is C23H34O4. The molecule has 0 aliphatic heterocycles. The van der Waals surface area contributed by atoms with Crippen molar-refractivity contribution in [2.45, 2.75) is 77.4 Å². The number of Topliss-reactive ketones (excluding diaryl/α,β-unsaturated/α-hetero) is 1. The van der Waals surface area contributed by atoms with E-state index in [4.69, 9.17) is 0 Å². The Labute approximate surface area is 162 Å². The quantitative estimate of drug-likeness (QED) is 0.694. The molecule has 0 aromatic heterocycles. The van der Waals surface area contributed by atoms with Gasteiger partial charge in [0, 0.05) is 5.41 Å². The average molecular weight is 375 g/mol. The van der Waals surface area contributed by atoms with E-state index < -0.39 is 29.5 Å². The fourth-order valence-corrected chi connectivity index (χ4v) is 7.56. The molecule has 0 unspecified atom stereocenters. The molecule has 3 N–H and O–H groups in total. The molecule has 4 aliphatic rings. The summed E-state index contributed by atoms with van der Waals surface area (Å²) < 4.78 is 0. The second-order valence-corrected chi connectivity index (χ2v) is 9.95. The zero-order valence-corrected chi connectivity index (χ0v) is 16.9. The Hall–Kier alpha value is -0.970. The van der Waals surface area contributed by atoms with Gasteiger partial charge in [-0.15, -0.1) is 0 Å². The van der Waals surface area contributed by atoms with Gasteiger partial charge in [0.25, 0.3) is 0 Å². The van der Waals surface area contributed by atoms with Crippen LogP contribution >= 0.6 is 0 Å². The van der Waals surface area contributed by atoms with Crippen LogP contribution in [-0.2, 0) is 4.79 Å². The first kappa shape index (κ1) is 19.4. The van der Waals surface area contributed by atoms with Crippen molar-refractivity contribution in [2.75, 3.05) is 6.61 Å². The highest BCUT2D eigenvalue weighted by atomic mass is 16.3. The van der Waals surface area contributed by atoms with E-state index in [1.165, 1.54) is 11.1 Å². The van der Waals surface area contributed by atoms with Gasteiger partial charge < -0.3 is 15.3 Å². The molecule has 3 fully saturated rings. The molecule has 3 saturated carbocycles. The summed E-state index contributed by atoms with van der Waals surface area (Å²) in [6.45, 7) is 5.77. The van der Waals surface area contributed by atoms with Gasteiger partial charge in [0.15, 0.2) is 5.78 Å². The molecule has 27 heavy (non-hydrogen) atoms. The van der Waals surface area contributed by atoms with Crippen LogP contribution in [0.5, 0.6) is 0 Å². The zero-order valence-electron chi connectivity index (χ0n) is 16.9. The van der Waals surface area contributed by atoms with Crippen molar-refractivity contribution in [3.8, 4) is 0 Å². The van der Waals surface area contributed by atoms with E-state index in [2.05, 4.69) is 26.0 Å². The first-order valence-corrected chi connectivity index (χ1v) is 10.6. The second kappa shape index (κ2) is 6.27. The lowest BCUT2D eigenvalue weighted by atomic mass is 9.45. The van der Waals surface area contributed by atoms with E-state index in [0.717, 1.165) is 32.1 Å². The van der Waals surface area contributed by atoms with Gasteiger partial charge in [-0.25, -0.2) is 0 Å². The lowest BCUT2D eigenvalue weighted by Crippen LogP contribution is -2.61. The number of fused-ring (bicyclic) bond motifs is 5. The summed E-state index contributed by atoms with van der Waals surface area (Å²) in [5.74, 6) is 0.276. The highest BCUT2D eigenvalue weighted by molar-refractivity contribution is 5.89. The molecule has 0 spiro atoms. The largest absolute Gasteiger partial charge is 0.393 e. The Morgan fingerprint density at radius 2 is 2.00 bits per heavy atom. The normalized spacial score (nSPS) is 50.6. The summed E-state index contributed by atoms with van der Waals surface area (Å²) in [5.41, 5.74) is 0.747. The molecule has 4 nitrogen and oxygen atoms in total. The highest BCUT2D eigenvalue weighted by Crippen LogP contribution is 2.67. The minimum absolute atomic E-state index is 0.0118. The Balaban J connectivity index is 1.72. The molecule has 0 aromatic rings. The summed E-state index contributed by atoms with van der Waals surface area (Å²) in [5, 5.41) is 32.0. The van der Waals surface area contributed by atoms with E-state index in [-0.39, 0.29) is 17.3 Å². The van der Waals surface area contributed by atoms with Crippen molar-refractivity contribution in [1.29, 1.82) is 0 Å². The Bertz CT molecular complexity index is 709. The van der Waals surface area contributed by atoms with Crippen LogP contribution in [0, 0.1) is 28.6 Å². The van der Waals surface area contributed by atoms with Crippen LogP contribution < -0.4 is 0 Å². The van der Waals surface area contributed by atoms with E-state index >= 15 is 0 Å². The first-order valence-electron chi connectivity index (χ1n) is 10.6. The number of aliphatic hydroxyl groups is 3. The summed E-state index contributed by atoms with van der Waals surface area (Å²) in [6.07, 6.45) is 9.89. The van der Waals surface area contributed by atoms with Crippen LogP contribution in [0.25, 0.3) is 0 Å². The topological polar surface area (TPSA) is 77.8 Å². The molecule has 0 amide bonds. The number of ketones is 1. The molecule has 0 aromatic carbocycles. The summed E-state index contributed by atoms with van der Waals surface area (Å²) in [6, 6.07) is 0. The van der Waals surface area contributed by atoms with Gasteiger partial charge in [0.2, 0.25) is 0 Å². The highest BCUT2D eigenvalue weighted by Gasteiger charge is 2.68. The third-order valence-corrected chi connectivity index (χ3v) is 9.09. The fraction of sp³-hybridized carbons (Fsp3) is 0.783. The molecule has 0 bridgehead atoms. The van der Waals surface area contributed by atoms with E-state index in [9.17, 15) is 20.1 Å². The molecule has 4 aliphatic carbocycles. The third kappa shape index (κ3) is 2.42. The van der Waals surface area contributed by atoms with Crippen molar-refractivity contribution < 1.29 is 20.1 Å². The average Bonchev–Trinajstić information content (AvgIpc) is 2.91. The number of aliphatic hydroxyl groups excluding tert-OH is 2. The van der Waals surface area contributed by atoms with E-state index in [1.54, 1.807) is 0 Å². The van der Waals surface area contributed by atoms with Crippen molar-refractivity contribution in [2.24, 2.45) is 28.6 Å². The van der Waals surface area contributed by atoms with Gasteiger partial charge in [-0.1, -0.05) is 37.1 Å². The smallest absolute Gasteiger partial charge is 0.190 e. The molecule has 0 saturated heterocycles. The number of rotatable bonds is 2. The predicted octanol–water partition coefficient (Wildman–Crippen LogP) is 3.16. The van der Waals surface area contributed by atoms with Crippen LogP contribution in [0.1, 0.15) is 65.7 Å². The minimum atomic E-state index is -1.50. The Morgan fingerprint density at radius 3 is 2.67 bits per heavy atom. The minimum Gasteiger partial charge on any atom is -0.393 e. The first-order chi connectivity index (χ1) is 12.7. The zero-order chi connectivity index (χ0) is 19.6. The van der Waals surface area contributed by atoms with Crippen molar-refractivity contribution in [3.05, 3.63) is 23.3 Å². The van der Waals surface area contributed by atoms with E-state index in [0.29, 0.717) is 18.8 Å². The monoisotopic (exact) mass is 374 g/mol. The fourth-order valence-electron chi connectivity index (χ4n) is 7.56. The maximum atomic E-state index is 12.4. The summed E-state index contributed by atoms with van der Waals surface area (Å²) in [7, 11) is 0. The molecule has 4 heteroatoms. The van der Waals surface area contributed by atoms with Crippen LogP contribution in [-0.4, -0.2) is 39.4 Å². The SMILES string of the molecule is CC=C1C=C2CC[C@@H]3[C@H]([C@@H](O)C[C@@]4(C)[C@H]3CC[C@]4(O)C(=O)CO)[C@@]2(C)CC1. The van der Waals surface area contributed by atoms with Crippen LogP contribution in [0.3, 0.4) is 0 Å². The number of hydrogen-bond acceptors (Lipinski definition) is 4. The predicted molar refractivity (Wildman–Crippen MR) is 104 cm³/mol. The third-order valence-electron chi connectivity index (χ3n) is 9.09. The standard InChI is InChI=1S/C23H34O4/c1-4-14-7-9-21(2)15(11-14)5-6-16-17-8-10-23(27,19(26)13-24)22(17,3)12-18(25)20(16)21/h4,11,16-18,20,24-25,27H,5-10,12-13H2,1-3H3/t16-,17-,18-,20+,21-,22-,23-/m0/s1. The second-order valence-electron chi connectivity index (χ2n) is 9.95. The van der Waals surface area contributed by atoms with E-state index in [1.807, 2.05) is 6.92 Å². The van der Waals surface area contributed by atoms with Crippen molar-refractivity contribution in [3.63, 3.8) is 0 Å². The summed E-state index contributed by atoms with van der Waals surface area (Å²) in [4.78, 5) is 12.4. The molecule has 7 atom stereocenters. The number of hydrogen-bond donors (Lipinski definition) is 3. The Morgan fingerprint density at radius 1 is 1.26 bits per heavy atom. The van der Waals surface area contributed by atoms with Crippen LogP contribution in [0.15, 0.2) is 23.3 Å². The lowest BCUT2D eigenvalue weighted by molar-refractivity contribution is -0.181. The van der Waals surface area contributed by atoms with Gasteiger partial charge >= 0.3 is 0 Å². The van der Waals surface area contributed by atoms with Gasteiger partial charge in [-0.05, 0) is 75.0 Å². The van der Waals surface area contributed by atoms with Gasteiger partial charge in [0.1, 0.15) is 12.2 Å². The maximum Gasteiger partial charge on any atom is 0.190 e. The molecule has 4 rings (SSSR count). The number of allylic oxidation sites excluding steroid dienone is 4. The molecular weight excluding hydrogens is 340 g/mol. The van der Waals surface area contributed by atoms with Crippen molar-refractivity contribution in [1.82, 2.24) is 0 Å². The van der Waals surface area contributed by atoms with Crippen LogP contribution in [0.4, 0.5) is 0 Å². The Kier molecular flexibility index (Phi) is 4.49. The van der Waals surface area contributed by atoms with Gasteiger partial charge in [-0.3, -0.25) is 4.79 Å². The van der Waals surface area contributed by atoms with Gasteiger partial charge in [-0.2, -0.15) is 0 Å². The molecule has 0 radical (unpaired) electrons. The van der Waals surface area contributed by atoms with Crippen molar-refractivity contribution >= 4 is 5.78 Å².